The molecule has 0 aliphatic carbocycles. The normalized spacial score (nSPS) is 11.2. The van der Waals surface area contributed by atoms with Crippen LogP contribution in [0.4, 0.5) is 0 Å². The average Bonchev–Trinajstić information content (AvgIpc) is 3.10. The van der Waals surface area contributed by atoms with Crippen LogP contribution in [0.2, 0.25) is 0 Å². The van der Waals surface area contributed by atoms with Crippen molar-refractivity contribution in [3.63, 3.8) is 0 Å². The molecule has 21 heavy (non-hydrogen) atoms. The Morgan fingerprint density at radius 2 is 2.05 bits per heavy atom. The maximum absolute atomic E-state index is 5.29. The monoisotopic (exact) mass is 302 g/mol. The fraction of sp³-hybridized carbons (Fsp3) is 0.308. The second kappa shape index (κ2) is 6.06. The first-order valence-electron chi connectivity index (χ1n) is 6.42. The predicted octanol–water partition coefficient (Wildman–Crippen LogP) is 1.92. The number of rotatable bonds is 5. The first kappa shape index (κ1) is 13.8. The lowest BCUT2D eigenvalue weighted by atomic mass is 10.2. The van der Waals surface area contributed by atoms with E-state index in [0.29, 0.717) is 18.3 Å². The van der Waals surface area contributed by atoms with Gasteiger partial charge in [-0.3, -0.25) is 9.88 Å². The van der Waals surface area contributed by atoms with Gasteiger partial charge in [0.2, 0.25) is 11.7 Å². The summed E-state index contributed by atoms with van der Waals surface area (Å²) in [5.74, 6) is 1.16. The van der Waals surface area contributed by atoms with Crippen molar-refractivity contribution in [2.45, 2.75) is 20.0 Å². The molecule has 3 heterocycles. The molecule has 3 aromatic rings. The van der Waals surface area contributed by atoms with E-state index in [0.717, 1.165) is 22.7 Å². The summed E-state index contributed by atoms with van der Waals surface area (Å²) in [5.41, 5.74) is 1.86. The number of aromatic nitrogens is 5. The lowest BCUT2D eigenvalue weighted by Gasteiger charge is -2.12. The van der Waals surface area contributed by atoms with Crippen LogP contribution in [0, 0.1) is 6.92 Å². The maximum Gasteiger partial charge on any atom is 0.241 e. The summed E-state index contributed by atoms with van der Waals surface area (Å²) < 4.78 is 9.22. The fourth-order valence-electron chi connectivity index (χ4n) is 1.87. The Bertz CT molecular complexity index is 710. The van der Waals surface area contributed by atoms with Crippen molar-refractivity contribution < 1.29 is 4.52 Å². The minimum absolute atomic E-state index is 0.579. The minimum Gasteiger partial charge on any atom is -0.338 e. The van der Waals surface area contributed by atoms with E-state index in [1.165, 1.54) is 11.5 Å². The van der Waals surface area contributed by atoms with Crippen molar-refractivity contribution in [2.75, 3.05) is 7.05 Å². The molecular formula is C13H14N6OS. The SMILES string of the molecule is Cc1nnsc1CN(C)Cc1nc(-c2ccncc2)no1. The van der Waals surface area contributed by atoms with Crippen LogP contribution >= 0.6 is 11.5 Å². The summed E-state index contributed by atoms with van der Waals surface area (Å²) in [6, 6.07) is 3.70. The second-order valence-electron chi connectivity index (χ2n) is 4.70. The molecule has 0 unspecified atom stereocenters. The predicted molar refractivity (Wildman–Crippen MR) is 77.3 cm³/mol. The topological polar surface area (TPSA) is 80.8 Å². The van der Waals surface area contributed by atoms with Crippen molar-refractivity contribution in [1.29, 1.82) is 0 Å². The van der Waals surface area contributed by atoms with Gasteiger partial charge >= 0.3 is 0 Å². The smallest absolute Gasteiger partial charge is 0.241 e. The number of hydrogen-bond acceptors (Lipinski definition) is 8. The number of hydrogen-bond donors (Lipinski definition) is 0. The van der Waals surface area contributed by atoms with Gasteiger partial charge in [-0.2, -0.15) is 4.98 Å². The maximum atomic E-state index is 5.29. The molecule has 0 amide bonds. The summed E-state index contributed by atoms with van der Waals surface area (Å²) in [6.07, 6.45) is 3.41. The molecule has 0 N–H and O–H groups in total. The van der Waals surface area contributed by atoms with Gasteiger partial charge in [-0.15, -0.1) is 5.10 Å². The van der Waals surface area contributed by atoms with E-state index in [1.54, 1.807) is 12.4 Å². The van der Waals surface area contributed by atoms with E-state index in [1.807, 2.05) is 26.1 Å². The van der Waals surface area contributed by atoms with E-state index in [2.05, 4.69) is 29.6 Å². The Morgan fingerprint density at radius 3 is 2.76 bits per heavy atom. The molecule has 0 aliphatic rings. The first-order chi connectivity index (χ1) is 10.2. The van der Waals surface area contributed by atoms with Crippen molar-refractivity contribution in [3.05, 3.63) is 41.0 Å². The molecule has 0 saturated carbocycles. The van der Waals surface area contributed by atoms with Gasteiger partial charge in [0.1, 0.15) is 0 Å². The highest BCUT2D eigenvalue weighted by atomic mass is 32.1. The lowest BCUT2D eigenvalue weighted by molar-refractivity contribution is 0.262. The van der Waals surface area contributed by atoms with Crippen molar-refractivity contribution in [1.82, 2.24) is 29.6 Å². The number of nitrogens with zero attached hydrogens (tertiary/aromatic N) is 6. The second-order valence-corrected chi connectivity index (χ2v) is 5.54. The molecule has 0 radical (unpaired) electrons. The van der Waals surface area contributed by atoms with Crippen LogP contribution in [0.3, 0.4) is 0 Å². The molecule has 0 saturated heterocycles. The fourth-order valence-corrected chi connectivity index (χ4v) is 2.58. The first-order valence-corrected chi connectivity index (χ1v) is 7.19. The highest BCUT2D eigenvalue weighted by Gasteiger charge is 2.12. The zero-order valence-electron chi connectivity index (χ0n) is 11.7. The summed E-state index contributed by atoms with van der Waals surface area (Å²) in [4.78, 5) is 11.6. The summed E-state index contributed by atoms with van der Waals surface area (Å²) in [6.45, 7) is 3.30. The van der Waals surface area contributed by atoms with Crippen LogP contribution in [-0.2, 0) is 13.1 Å². The van der Waals surface area contributed by atoms with E-state index < -0.39 is 0 Å². The van der Waals surface area contributed by atoms with Gasteiger partial charge in [-0.1, -0.05) is 9.64 Å². The van der Waals surface area contributed by atoms with Gasteiger partial charge in [0.15, 0.2) is 0 Å². The Balaban J connectivity index is 1.66. The van der Waals surface area contributed by atoms with E-state index in [-0.39, 0.29) is 0 Å². The number of aryl methyl sites for hydroxylation is 1. The van der Waals surface area contributed by atoms with Crippen LogP contribution < -0.4 is 0 Å². The van der Waals surface area contributed by atoms with Crippen molar-refractivity contribution in [2.24, 2.45) is 0 Å². The summed E-state index contributed by atoms with van der Waals surface area (Å²) in [5, 5.41) is 8.00. The standard InChI is InChI=1S/C13H14N6OS/c1-9-11(21-18-16-9)7-19(2)8-12-15-13(17-20-12)10-3-5-14-6-4-10/h3-6H,7-8H2,1-2H3. The molecule has 0 bridgehead atoms. The molecule has 108 valence electrons. The van der Waals surface area contributed by atoms with E-state index in [9.17, 15) is 0 Å². The minimum atomic E-state index is 0.579. The van der Waals surface area contributed by atoms with Crippen LogP contribution in [0.25, 0.3) is 11.4 Å². The molecule has 3 rings (SSSR count). The zero-order chi connectivity index (χ0) is 14.7. The molecule has 0 aliphatic heterocycles. The third-order valence-corrected chi connectivity index (χ3v) is 3.78. The Labute approximate surface area is 125 Å². The molecule has 0 fully saturated rings. The van der Waals surface area contributed by atoms with Crippen molar-refractivity contribution in [3.8, 4) is 11.4 Å². The Hall–Kier alpha value is -2.19. The zero-order valence-corrected chi connectivity index (χ0v) is 12.5. The van der Waals surface area contributed by atoms with Gasteiger partial charge in [0, 0.05) is 24.5 Å². The molecule has 7 nitrogen and oxygen atoms in total. The number of pyridine rings is 1. The summed E-state index contributed by atoms with van der Waals surface area (Å²) in [7, 11) is 2.00. The molecule has 3 aromatic heterocycles. The lowest BCUT2D eigenvalue weighted by Crippen LogP contribution is -2.17. The van der Waals surface area contributed by atoms with Gasteiger partial charge in [-0.25, -0.2) is 0 Å². The van der Waals surface area contributed by atoms with Gasteiger partial charge in [0.25, 0.3) is 0 Å². The molecule has 0 aromatic carbocycles. The van der Waals surface area contributed by atoms with Crippen LogP contribution in [-0.4, -0.2) is 36.7 Å². The molecule has 0 atom stereocenters. The third kappa shape index (κ3) is 3.29. The molecular weight excluding hydrogens is 288 g/mol. The quantitative estimate of drug-likeness (QED) is 0.712. The molecule has 8 heteroatoms. The van der Waals surface area contributed by atoms with Crippen LogP contribution in [0.1, 0.15) is 16.5 Å². The van der Waals surface area contributed by atoms with Gasteiger partial charge in [0.05, 0.1) is 17.1 Å². The van der Waals surface area contributed by atoms with Crippen LogP contribution in [0.15, 0.2) is 29.0 Å². The Kier molecular flexibility index (Phi) is 3.98. The van der Waals surface area contributed by atoms with E-state index >= 15 is 0 Å². The highest BCUT2D eigenvalue weighted by molar-refractivity contribution is 7.05. The molecule has 0 spiro atoms. The Morgan fingerprint density at radius 1 is 1.24 bits per heavy atom. The van der Waals surface area contributed by atoms with E-state index in [4.69, 9.17) is 4.52 Å². The third-order valence-electron chi connectivity index (χ3n) is 2.97. The largest absolute Gasteiger partial charge is 0.338 e. The van der Waals surface area contributed by atoms with Gasteiger partial charge in [-0.05, 0) is 37.6 Å². The summed E-state index contributed by atoms with van der Waals surface area (Å²) >= 11 is 1.41. The highest BCUT2D eigenvalue weighted by Crippen LogP contribution is 2.16. The van der Waals surface area contributed by atoms with Crippen molar-refractivity contribution >= 4 is 11.5 Å². The van der Waals surface area contributed by atoms with Crippen LogP contribution in [0.5, 0.6) is 0 Å². The van der Waals surface area contributed by atoms with Gasteiger partial charge < -0.3 is 4.52 Å². The average molecular weight is 302 g/mol.